The lowest BCUT2D eigenvalue weighted by Gasteiger charge is -2.39. The smallest absolute Gasteiger partial charge is 0.378 e. The van der Waals surface area contributed by atoms with Crippen LogP contribution in [-0.4, -0.2) is 80.5 Å². The van der Waals surface area contributed by atoms with Gasteiger partial charge in [0.05, 0.1) is 29.2 Å². The number of anilines is 1. The molecule has 1 aromatic carbocycles. The van der Waals surface area contributed by atoms with E-state index in [0.29, 0.717) is 18.8 Å². The number of carbonyl (C=O) groups excluding carboxylic acids is 1. The van der Waals surface area contributed by atoms with Crippen LogP contribution in [0.3, 0.4) is 0 Å². The molecule has 2 aromatic rings. The number of pyridine rings is 1. The van der Waals surface area contributed by atoms with Gasteiger partial charge in [0.1, 0.15) is 5.82 Å². The van der Waals surface area contributed by atoms with Crippen molar-refractivity contribution in [2.75, 3.05) is 50.8 Å². The van der Waals surface area contributed by atoms with Crippen molar-refractivity contribution in [3.8, 4) is 0 Å². The third kappa shape index (κ3) is 5.29. The molecular weight excluding hydrogens is 485 g/mol. The third-order valence-electron chi connectivity index (χ3n) is 6.33. The van der Waals surface area contributed by atoms with Gasteiger partial charge in [-0.05, 0) is 49.7 Å². The number of benzene rings is 1. The van der Waals surface area contributed by atoms with Crippen molar-refractivity contribution in [2.45, 2.75) is 31.0 Å². The number of sulfonamides is 1. The van der Waals surface area contributed by atoms with Crippen LogP contribution in [0.5, 0.6) is 0 Å². The molecule has 0 radical (unpaired) electrons. The van der Waals surface area contributed by atoms with E-state index in [4.69, 9.17) is 4.74 Å². The minimum Gasteiger partial charge on any atom is -0.378 e. The predicted molar refractivity (Wildman–Crippen MR) is 123 cm³/mol. The minimum atomic E-state index is -4.55. The molecule has 2 aliphatic rings. The van der Waals surface area contributed by atoms with E-state index in [1.165, 1.54) is 4.31 Å². The van der Waals surface area contributed by atoms with E-state index in [9.17, 15) is 26.4 Å². The van der Waals surface area contributed by atoms with E-state index < -0.39 is 27.8 Å². The number of halogens is 3. The Hall–Kier alpha value is -2.70. The summed E-state index contributed by atoms with van der Waals surface area (Å²) >= 11 is 0. The molecule has 0 unspecified atom stereocenters. The van der Waals surface area contributed by atoms with Gasteiger partial charge in [-0.3, -0.25) is 4.79 Å². The summed E-state index contributed by atoms with van der Waals surface area (Å²) in [7, 11) is -4.00. The van der Waals surface area contributed by atoms with E-state index >= 15 is 0 Å². The third-order valence-corrected chi connectivity index (χ3v) is 8.21. The molecule has 1 aromatic heterocycles. The van der Waals surface area contributed by atoms with Gasteiger partial charge in [-0.15, -0.1) is 0 Å². The molecule has 1 amide bonds. The maximum atomic E-state index is 13.3. The molecule has 1 atom stereocenters. The number of hydrogen-bond donors (Lipinski definition) is 0. The lowest BCUT2D eigenvalue weighted by Crippen LogP contribution is -2.55. The van der Waals surface area contributed by atoms with Crippen molar-refractivity contribution < 1.29 is 31.1 Å². The number of alkyl halides is 3. The van der Waals surface area contributed by atoms with Crippen LogP contribution in [-0.2, 0) is 20.9 Å². The second-order valence-electron chi connectivity index (χ2n) is 8.69. The van der Waals surface area contributed by atoms with Crippen molar-refractivity contribution in [2.24, 2.45) is 0 Å². The normalized spacial score (nSPS) is 20.2. The molecule has 0 N–H and O–H groups in total. The average Bonchev–Trinajstić information content (AvgIpc) is 2.83. The molecule has 0 saturated carbocycles. The highest BCUT2D eigenvalue weighted by atomic mass is 32.2. The van der Waals surface area contributed by atoms with Crippen LogP contribution in [0.1, 0.15) is 28.4 Å². The zero-order chi connectivity index (χ0) is 25.4. The van der Waals surface area contributed by atoms with Gasteiger partial charge >= 0.3 is 6.18 Å². The second-order valence-corrected chi connectivity index (χ2v) is 10.6. The number of carbonyl (C=O) groups is 1. The summed E-state index contributed by atoms with van der Waals surface area (Å²) in [6, 6.07) is 4.88. The van der Waals surface area contributed by atoms with Crippen LogP contribution in [0.25, 0.3) is 0 Å². The largest absolute Gasteiger partial charge is 0.416 e. The summed E-state index contributed by atoms with van der Waals surface area (Å²) < 4.78 is 71.0. The molecule has 8 nitrogen and oxygen atoms in total. The van der Waals surface area contributed by atoms with E-state index in [2.05, 4.69) is 9.88 Å². The van der Waals surface area contributed by atoms with Crippen LogP contribution >= 0.6 is 0 Å². The number of ether oxygens (including phenoxy) is 1. The first kappa shape index (κ1) is 25.4. The Labute approximate surface area is 202 Å². The molecule has 4 rings (SSSR count). The summed E-state index contributed by atoms with van der Waals surface area (Å²) in [6.45, 7) is 6.52. The first-order chi connectivity index (χ1) is 16.5. The summed E-state index contributed by atoms with van der Waals surface area (Å²) in [6.07, 6.45) is -2.99. The van der Waals surface area contributed by atoms with E-state index in [0.717, 1.165) is 48.7 Å². The molecule has 0 spiro atoms. The molecule has 3 heterocycles. The van der Waals surface area contributed by atoms with E-state index in [1.54, 1.807) is 18.0 Å². The number of hydrogen-bond acceptors (Lipinski definition) is 6. The summed E-state index contributed by atoms with van der Waals surface area (Å²) in [5.74, 6) is 0.547. The summed E-state index contributed by atoms with van der Waals surface area (Å²) in [5.41, 5.74) is 0.315. The molecule has 190 valence electrons. The first-order valence-corrected chi connectivity index (χ1v) is 12.7. The summed E-state index contributed by atoms with van der Waals surface area (Å²) in [4.78, 5) is 21.2. The highest BCUT2D eigenvalue weighted by molar-refractivity contribution is 7.89. The van der Waals surface area contributed by atoms with Crippen molar-refractivity contribution in [3.05, 3.63) is 53.2 Å². The highest BCUT2D eigenvalue weighted by Crippen LogP contribution is 2.30. The van der Waals surface area contributed by atoms with Crippen LogP contribution < -0.4 is 4.90 Å². The number of nitrogens with zero attached hydrogens (tertiary/aromatic N) is 4. The van der Waals surface area contributed by atoms with Gasteiger partial charge in [0.25, 0.3) is 5.91 Å². The zero-order valence-electron chi connectivity index (χ0n) is 19.5. The lowest BCUT2D eigenvalue weighted by molar-refractivity contribution is -0.137. The quantitative estimate of drug-likeness (QED) is 0.627. The Morgan fingerprint density at radius 3 is 2.31 bits per heavy atom. The molecule has 2 saturated heterocycles. The van der Waals surface area contributed by atoms with Crippen molar-refractivity contribution in [1.29, 1.82) is 0 Å². The van der Waals surface area contributed by atoms with E-state index in [1.807, 2.05) is 13.0 Å². The van der Waals surface area contributed by atoms with Gasteiger partial charge in [0.2, 0.25) is 10.0 Å². The SMILES string of the molecule is Cc1cc(N2CCOCC2)ncc1C(=O)N1CCN(S(=O)(=O)c2ccc(C(F)(F)F)cc2)C[C@@H]1C. The van der Waals surface area contributed by atoms with Gasteiger partial charge < -0.3 is 14.5 Å². The number of aryl methyl sites for hydroxylation is 1. The van der Waals surface area contributed by atoms with E-state index in [-0.39, 0.29) is 30.4 Å². The minimum absolute atomic E-state index is 0.0352. The van der Waals surface area contributed by atoms with Gasteiger partial charge in [0, 0.05) is 45.0 Å². The number of amides is 1. The number of aromatic nitrogens is 1. The molecule has 0 bridgehead atoms. The Balaban J connectivity index is 1.45. The maximum Gasteiger partial charge on any atom is 0.416 e. The number of piperazine rings is 1. The van der Waals surface area contributed by atoms with Gasteiger partial charge in [-0.2, -0.15) is 17.5 Å². The van der Waals surface area contributed by atoms with Gasteiger partial charge in [-0.25, -0.2) is 13.4 Å². The molecule has 2 fully saturated rings. The molecule has 35 heavy (non-hydrogen) atoms. The van der Waals surface area contributed by atoms with Gasteiger partial charge in [-0.1, -0.05) is 0 Å². The number of morpholine rings is 1. The predicted octanol–water partition coefficient (Wildman–Crippen LogP) is 2.78. The Kier molecular flexibility index (Phi) is 7.07. The highest BCUT2D eigenvalue weighted by Gasteiger charge is 2.36. The molecular formula is C23H27F3N4O4S. The summed E-state index contributed by atoms with van der Waals surface area (Å²) in [5, 5.41) is 0. The average molecular weight is 513 g/mol. The van der Waals surface area contributed by atoms with Crippen molar-refractivity contribution in [1.82, 2.24) is 14.2 Å². The monoisotopic (exact) mass is 512 g/mol. The Bertz CT molecular complexity index is 1180. The van der Waals surface area contributed by atoms with Gasteiger partial charge in [0.15, 0.2) is 0 Å². The second kappa shape index (κ2) is 9.75. The fourth-order valence-electron chi connectivity index (χ4n) is 4.29. The zero-order valence-corrected chi connectivity index (χ0v) is 20.3. The maximum absolute atomic E-state index is 13.3. The van der Waals surface area contributed by atoms with Crippen LogP contribution in [0, 0.1) is 6.92 Å². The fraction of sp³-hybridized carbons (Fsp3) is 0.478. The Morgan fingerprint density at radius 1 is 1.09 bits per heavy atom. The van der Waals surface area contributed by atoms with Crippen molar-refractivity contribution in [3.63, 3.8) is 0 Å². The molecule has 2 aliphatic heterocycles. The molecule has 12 heteroatoms. The topological polar surface area (TPSA) is 83.1 Å². The first-order valence-electron chi connectivity index (χ1n) is 11.3. The lowest BCUT2D eigenvalue weighted by atomic mass is 10.1. The van der Waals surface area contributed by atoms with Crippen LogP contribution in [0.2, 0.25) is 0 Å². The van der Waals surface area contributed by atoms with Crippen LogP contribution in [0.4, 0.5) is 19.0 Å². The van der Waals surface area contributed by atoms with Crippen LogP contribution in [0.15, 0.2) is 41.4 Å². The fourth-order valence-corrected chi connectivity index (χ4v) is 5.81. The van der Waals surface area contributed by atoms with Crippen molar-refractivity contribution >= 4 is 21.7 Å². The Morgan fingerprint density at radius 2 is 1.74 bits per heavy atom. The number of rotatable bonds is 4. The molecule has 0 aliphatic carbocycles. The standard InChI is InChI=1S/C23H27F3N4O4S/c1-16-13-21(28-9-11-34-12-10-28)27-14-20(16)22(31)30-8-7-29(15-17(30)2)35(32,33)19-5-3-18(4-6-19)23(24,25)26/h3-6,13-14,17H,7-12,15H2,1-2H3/t17-/m0/s1.